The van der Waals surface area contributed by atoms with Gasteiger partial charge in [-0.15, -0.1) is 0 Å². The van der Waals surface area contributed by atoms with Gasteiger partial charge >= 0.3 is 0 Å². The fourth-order valence-corrected chi connectivity index (χ4v) is 1.70. The van der Waals surface area contributed by atoms with E-state index in [-0.39, 0.29) is 0 Å². The molecule has 1 unspecified atom stereocenters. The maximum Gasteiger partial charge on any atom is 0.191 e. The van der Waals surface area contributed by atoms with Crippen LogP contribution in [0.25, 0.3) is 0 Å². The van der Waals surface area contributed by atoms with Crippen LogP contribution in [0, 0.1) is 0 Å². The predicted octanol–water partition coefficient (Wildman–Crippen LogP) is 2.18. The molecule has 1 aromatic rings. The third-order valence-electron chi connectivity index (χ3n) is 3.13. The fourth-order valence-electron chi connectivity index (χ4n) is 1.70. The monoisotopic (exact) mass is 293 g/mol. The molecule has 0 aliphatic rings. The van der Waals surface area contributed by atoms with Gasteiger partial charge in [0.2, 0.25) is 0 Å². The van der Waals surface area contributed by atoms with E-state index in [0.29, 0.717) is 25.8 Å². The van der Waals surface area contributed by atoms with Gasteiger partial charge in [0.25, 0.3) is 0 Å². The Bertz CT molecular complexity index is 435. The zero-order chi connectivity index (χ0) is 15.5. The molecule has 21 heavy (non-hydrogen) atoms. The van der Waals surface area contributed by atoms with E-state index in [1.54, 1.807) is 14.2 Å². The molecular weight excluding hydrogens is 266 g/mol. The zero-order valence-corrected chi connectivity index (χ0v) is 13.5. The van der Waals surface area contributed by atoms with Crippen molar-refractivity contribution in [2.45, 2.75) is 32.9 Å². The summed E-state index contributed by atoms with van der Waals surface area (Å²) in [6.45, 7) is 6.14. The number of hydrogen-bond donors (Lipinski definition) is 2. The predicted molar refractivity (Wildman–Crippen MR) is 86.9 cm³/mol. The molecule has 0 bridgehead atoms. The fraction of sp³-hybridized carbons (Fsp3) is 0.562. The van der Waals surface area contributed by atoms with E-state index in [0.717, 1.165) is 23.7 Å². The third kappa shape index (κ3) is 6.99. The number of guanidine groups is 1. The molecule has 0 aromatic heterocycles. The Morgan fingerprint density at radius 1 is 1.33 bits per heavy atom. The van der Waals surface area contributed by atoms with Gasteiger partial charge in [-0.1, -0.05) is 19.1 Å². The molecule has 118 valence electrons. The van der Waals surface area contributed by atoms with Gasteiger partial charge in [0, 0.05) is 26.7 Å². The van der Waals surface area contributed by atoms with Crippen LogP contribution in [-0.2, 0) is 11.3 Å². The number of aliphatic imine (C=N–C) groups is 1. The van der Waals surface area contributed by atoms with Crippen LogP contribution in [0.3, 0.4) is 0 Å². The first-order valence-corrected chi connectivity index (χ1v) is 7.37. The number of nitrogens with zero attached hydrogens (tertiary/aromatic N) is 1. The molecule has 0 heterocycles. The van der Waals surface area contributed by atoms with Gasteiger partial charge in [-0.25, -0.2) is 0 Å². The number of methoxy groups -OCH3 is 1. The Morgan fingerprint density at radius 2 is 2.14 bits per heavy atom. The van der Waals surface area contributed by atoms with E-state index in [1.807, 2.05) is 18.2 Å². The lowest BCUT2D eigenvalue weighted by Crippen LogP contribution is -2.41. The number of hydrogen-bond acceptors (Lipinski definition) is 3. The molecule has 0 amide bonds. The van der Waals surface area contributed by atoms with Gasteiger partial charge in [0.05, 0.1) is 6.61 Å². The normalized spacial score (nSPS) is 12.9. The quantitative estimate of drug-likeness (QED) is 0.438. The van der Waals surface area contributed by atoms with Crippen LogP contribution in [0.4, 0.5) is 0 Å². The number of rotatable bonds is 8. The number of nitrogens with one attached hydrogen (secondary N) is 2. The third-order valence-corrected chi connectivity index (χ3v) is 3.13. The minimum absolute atomic E-state index is 0.403. The van der Waals surface area contributed by atoms with Crippen LogP contribution in [0.15, 0.2) is 29.3 Å². The van der Waals surface area contributed by atoms with Gasteiger partial charge in [-0.3, -0.25) is 4.99 Å². The number of benzene rings is 1. The second kappa shape index (κ2) is 10.0. The summed E-state index contributed by atoms with van der Waals surface area (Å²) in [6, 6.07) is 8.43. The average Bonchev–Trinajstić information content (AvgIpc) is 2.51. The van der Waals surface area contributed by atoms with Crippen LogP contribution in [0.1, 0.15) is 25.8 Å². The lowest BCUT2D eigenvalue weighted by molar-refractivity contribution is 0.146. The Hall–Kier alpha value is -1.75. The molecule has 5 nitrogen and oxygen atoms in total. The highest BCUT2D eigenvalue weighted by Gasteiger charge is 2.03. The second-order valence-electron chi connectivity index (χ2n) is 4.87. The van der Waals surface area contributed by atoms with Crippen molar-refractivity contribution in [1.82, 2.24) is 10.6 Å². The van der Waals surface area contributed by atoms with Crippen molar-refractivity contribution in [3.05, 3.63) is 29.8 Å². The van der Waals surface area contributed by atoms with Crippen molar-refractivity contribution < 1.29 is 9.47 Å². The van der Waals surface area contributed by atoms with Gasteiger partial charge in [0.15, 0.2) is 5.96 Å². The van der Waals surface area contributed by atoms with Crippen molar-refractivity contribution in [3.63, 3.8) is 0 Å². The van der Waals surface area contributed by atoms with Crippen molar-refractivity contribution in [3.8, 4) is 5.75 Å². The number of ether oxygens (including phenoxy) is 2. The first-order valence-electron chi connectivity index (χ1n) is 7.37. The molecule has 0 aliphatic carbocycles. The summed E-state index contributed by atoms with van der Waals surface area (Å²) < 4.78 is 10.6. The first-order chi connectivity index (χ1) is 10.2. The smallest absolute Gasteiger partial charge is 0.191 e. The summed E-state index contributed by atoms with van der Waals surface area (Å²) in [6.07, 6.45) is 1.06. The van der Waals surface area contributed by atoms with E-state index in [1.165, 1.54) is 0 Å². The van der Waals surface area contributed by atoms with Crippen LogP contribution < -0.4 is 15.4 Å². The van der Waals surface area contributed by atoms with Gasteiger partial charge < -0.3 is 20.1 Å². The van der Waals surface area contributed by atoms with Crippen LogP contribution >= 0.6 is 0 Å². The maximum absolute atomic E-state index is 5.60. The minimum atomic E-state index is 0.403. The molecule has 0 spiro atoms. The average molecular weight is 293 g/mol. The highest BCUT2D eigenvalue weighted by atomic mass is 16.5. The lowest BCUT2D eigenvalue weighted by Gasteiger charge is -2.16. The molecular formula is C16H27N3O2. The summed E-state index contributed by atoms with van der Waals surface area (Å²) in [5, 5.41) is 6.64. The Labute approximate surface area is 127 Å². The van der Waals surface area contributed by atoms with Crippen molar-refractivity contribution in [1.29, 1.82) is 0 Å². The SMILES string of the molecule is CCC(C)NC(=NC)NCc1cccc(OCCOC)c1. The first kappa shape index (κ1) is 17.3. The van der Waals surface area contributed by atoms with Crippen molar-refractivity contribution in [2.75, 3.05) is 27.4 Å². The molecule has 1 rings (SSSR count). The highest BCUT2D eigenvalue weighted by molar-refractivity contribution is 5.79. The van der Waals surface area contributed by atoms with Crippen LogP contribution in [0.2, 0.25) is 0 Å². The van der Waals surface area contributed by atoms with E-state index in [9.17, 15) is 0 Å². The summed E-state index contributed by atoms with van der Waals surface area (Å²) in [7, 11) is 3.45. The van der Waals surface area contributed by atoms with Crippen LogP contribution in [0.5, 0.6) is 5.75 Å². The maximum atomic E-state index is 5.60. The minimum Gasteiger partial charge on any atom is -0.491 e. The Balaban J connectivity index is 2.48. The van der Waals surface area contributed by atoms with Gasteiger partial charge in [0.1, 0.15) is 12.4 Å². The van der Waals surface area contributed by atoms with Crippen molar-refractivity contribution in [2.24, 2.45) is 4.99 Å². The summed E-state index contributed by atoms with van der Waals surface area (Å²) in [5.74, 6) is 1.67. The molecule has 1 atom stereocenters. The summed E-state index contributed by atoms with van der Waals surface area (Å²) >= 11 is 0. The van der Waals surface area contributed by atoms with E-state index in [2.05, 4.69) is 35.5 Å². The summed E-state index contributed by atoms with van der Waals surface area (Å²) in [5.41, 5.74) is 1.15. The van der Waals surface area contributed by atoms with Gasteiger partial charge in [-0.05, 0) is 31.0 Å². The highest BCUT2D eigenvalue weighted by Crippen LogP contribution is 2.13. The largest absolute Gasteiger partial charge is 0.491 e. The van der Waals surface area contributed by atoms with E-state index >= 15 is 0 Å². The summed E-state index contributed by atoms with van der Waals surface area (Å²) in [4.78, 5) is 4.22. The molecule has 5 heteroatoms. The van der Waals surface area contributed by atoms with Crippen molar-refractivity contribution >= 4 is 5.96 Å². The molecule has 0 aliphatic heterocycles. The Kier molecular flexibility index (Phi) is 8.28. The molecule has 0 fully saturated rings. The van der Waals surface area contributed by atoms with Gasteiger partial charge in [-0.2, -0.15) is 0 Å². The standard InChI is InChI=1S/C16H27N3O2/c1-5-13(2)19-16(17-3)18-12-14-7-6-8-15(11-14)21-10-9-20-4/h6-8,11,13H,5,9-10,12H2,1-4H3,(H2,17,18,19). The Morgan fingerprint density at radius 3 is 2.81 bits per heavy atom. The van der Waals surface area contributed by atoms with Crippen LogP contribution in [-0.4, -0.2) is 39.4 Å². The molecule has 2 N–H and O–H groups in total. The molecule has 0 saturated heterocycles. The second-order valence-corrected chi connectivity index (χ2v) is 4.87. The topological polar surface area (TPSA) is 54.9 Å². The molecule has 1 aromatic carbocycles. The lowest BCUT2D eigenvalue weighted by atomic mass is 10.2. The zero-order valence-electron chi connectivity index (χ0n) is 13.5. The molecule has 0 saturated carbocycles. The molecule has 0 radical (unpaired) electrons. The van der Waals surface area contributed by atoms with E-state index < -0.39 is 0 Å². The van der Waals surface area contributed by atoms with E-state index in [4.69, 9.17) is 9.47 Å².